The van der Waals surface area contributed by atoms with Gasteiger partial charge in [0.2, 0.25) is 0 Å². The predicted molar refractivity (Wildman–Crippen MR) is 279 cm³/mol. The fraction of sp³-hybridized carbons (Fsp3) is 0.692. The average Bonchev–Trinajstić information content (AvgIpc) is 4.04. The number of nitrogen functional groups attached to an aromatic ring is 1. The summed E-state index contributed by atoms with van der Waals surface area (Å²) in [4.78, 5) is 62.0. The zero-order chi connectivity index (χ0) is 53.2. The number of epoxide rings is 1. The number of carbonyl (C=O) groups is 2. The van der Waals surface area contributed by atoms with Crippen LogP contribution >= 0.6 is 15.6 Å². The number of esters is 2. The third kappa shape index (κ3) is 29.3. The normalized spacial score (nSPS) is 22.2. The summed E-state index contributed by atoms with van der Waals surface area (Å²) in [7, 11) is -10.9. The highest BCUT2D eigenvalue weighted by molar-refractivity contribution is 7.61. The Kier molecular flexibility index (Phi) is 32.5. The summed E-state index contributed by atoms with van der Waals surface area (Å²) in [6, 6.07) is 1.24. The molecular weight excluding hydrogens is 985 g/mol. The van der Waals surface area contributed by atoms with Gasteiger partial charge in [-0.1, -0.05) is 139 Å². The molecule has 0 aromatic carbocycles. The summed E-state index contributed by atoms with van der Waals surface area (Å²) in [6.07, 6.45) is 37.6. The Bertz CT molecular complexity index is 2030. The fourth-order valence-electron chi connectivity index (χ4n) is 7.78. The molecule has 0 spiro atoms. The van der Waals surface area contributed by atoms with Gasteiger partial charge in [0, 0.05) is 19.0 Å². The summed E-state index contributed by atoms with van der Waals surface area (Å²) >= 11 is 0. The van der Waals surface area contributed by atoms with Crippen molar-refractivity contribution < 1.29 is 71.0 Å². The number of allylic oxidation sites excluding steroid dienone is 9. The zero-order valence-corrected chi connectivity index (χ0v) is 44.9. The maximum Gasteiger partial charge on any atom is 0.481 e. The Morgan fingerprint density at radius 1 is 0.685 bits per heavy atom. The van der Waals surface area contributed by atoms with E-state index in [-0.39, 0.29) is 18.7 Å². The van der Waals surface area contributed by atoms with Gasteiger partial charge >= 0.3 is 33.3 Å². The van der Waals surface area contributed by atoms with E-state index in [1.54, 1.807) is 0 Å². The molecule has 21 heteroatoms. The molecule has 1 aromatic heterocycles. The predicted octanol–water partition coefficient (Wildman–Crippen LogP) is 10.1. The van der Waals surface area contributed by atoms with Gasteiger partial charge in [-0.2, -0.15) is 9.29 Å². The van der Waals surface area contributed by atoms with Crippen LogP contribution < -0.4 is 11.4 Å². The quantitative estimate of drug-likeness (QED) is 0.0134. The fourth-order valence-corrected chi connectivity index (χ4v) is 9.89. The van der Waals surface area contributed by atoms with Crippen LogP contribution in [0.5, 0.6) is 0 Å². The number of phosphoric acid groups is 2. The van der Waals surface area contributed by atoms with Gasteiger partial charge in [-0.25, -0.2) is 13.9 Å². The molecule has 2 fully saturated rings. The molecule has 2 aliphatic rings. The second kappa shape index (κ2) is 37.2. The third-order valence-corrected chi connectivity index (χ3v) is 14.6. The topological polar surface area (TPSA) is 278 Å². The number of aromatic nitrogens is 2. The minimum Gasteiger partial charge on any atom is -0.462 e. The molecular formula is C52H85N3O16P2. The molecule has 414 valence electrons. The average molecular weight is 1070 g/mol. The van der Waals surface area contributed by atoms with E-state index in [1.807, 2.05) is 12.2 Å². The Balaban J connectivity index is 1.40. The van der Waals surface area contributed by atoms with E-state index in [4.69, 9.17) is 33.7 Å². The highest BCUT2D eigenvalue weighted by atomic mass is 31.3. The lowest BCUT2D eigenvalue weighted by molar-refractivity contribution is -0.161. The lowest BCUT2D eigenvalue weighted by Crippen LogP contribution is -2.36. The minimum absolute atomic E-state index is 0.0249. The van der Waals surface area contributed by atoms with Gasteiger partial charge in [-0.15, -0.1) is 0 Å². The molecule has 0 saturated carbocycles. The molecule has 2 aliphatic heterocycles. The first-order valence-corrected chi connectivity index (χ1v) is 29.4. The number of hydrogen-bond donors (Lipinski definition) is 5. The first kappa shape index (κ1) is 63.7. The SMILES string of the molecule is CCCCC/C=C\C/C=C\CCCCCCCCCC(=O)O[C@H](COC(=O)CCC/C=C\C/C=C\C/C=C\CC1OC1CCCCC)COP(=O)(O)OP(=O)(O)OC[C@H]1O[C@@H](n2ccc(N)nc2=O)[C@H](O)[C@@H]1O. The van der Waals surface area contributed by atoms with E-state index < -0.39 is 83.7 Å². The molecule has 6 N–H and O–H groups in total. The Morgan fingerprint density at radius 3 is 1.90 bits per heavy atom. The van der Waals surface area contributed by atoms with Crippen molar-refractivity contribution in [3.05, 3.63) is 83.5 Å². The molecule has 0 radical (unpaired) electrons. The number of ether oxygens (including phenoxy) is 4. The zero-order valence-electron chi connectivity index (χ0n) is 43.1. The molecule has 9 atom stereocenters. The number of rotatable bonds is 42. The monoisotopic (exact) mass is 1070 g/mol. The van der Waals surface area contributed by atoms with Crippen molar-refractivity contribution in [3.63, 3.8) is 0 Å². The molecule has 3 heterocycles. The Labute approximate surface area is 432 Å². The van der Waals surface area contributed by atoms with E-state index >= 15 is 0 Å². The number of nitrogens with two attached hydrogens (primary N) is 1. The van der Waals surface area contributed by atoms with Gasteiger partial charge in [0.1, 0.15) is 30.7 Å². The number of unbranched alkanes of at least 4 members (excludes halogenated alkanes) is 13. The summed E-state index contributed by atoms with van der Waals surface area (Å²) in [6.45, 7) is 2.04. The van der Waals surface area contributed by atoms with Gasteiger partial charge in [0.15, 0.2) is 12.3 Å². The van der Waals surface area contributed by atoms with Crippen molar-refractivity contribution in [1.82, 2.24) is 9.55 Å². The minimum atomic E-state index is -5.44. The number of anilines is 1. The molecule has 0 bridgehead atoms. The molecule has 2 saturated heterocycles. The largest absolute Gasteiger partial charge is 0.481 e. The lowest BCUT2D eigenvalue weighted by Gasteiger charge is -2.21. The second-order valence-corrected chi connectivity index (χ2v) is 21.4. The van der Waals surface area contributed by atoms with Crippen molar-refractivity contribution >= 4 is 33.4 Å². The van der Waals surface area contributed by atoms with Crippen LogP contribution in [0.2, 0.25) is 0 Å². The van der Waals surface area contributed by atoms with E-state index in [2.05, 4.69) is 71.8 Å². The summed E-state index contributed by atoms with van der Waals surface area (Å²) in [5, 5.41) is 20.9. The van der Waals surface area contributed by atoms with Crippen molar-refractivity contribution in [2.45, 2.75) is 211 Å². The van der Waals surface area contributed by atoms with E-state index in [0.29, 0.717) is 31.5 Å². The number of aliphatic hydroxyl groups is 2. The van der Waals surface area contributed by atoms with Crippen LogP contribution in [0.1, 0.15) is 174 Å². The summed E-state index contributed by atoms with van der Waals surface area (Å²) in [5.41, 5.74) is 4.59. The van der Waals surface area contributed by atoms with E-state index in [9.17, 15) is 43.5 Å². The maximum atomic E-state index is 12.9. The molecule has 3 rings (SSSR count). The van der Waals surface area contributed by atoms with Gasteiger partial charge in [-0.3, -0.25) is 23.2 Å². The molecule has 73 heavy (non-hydrogen) atoms. The number of phosphoric ester groups is 2. The first-order valence-electron chi connectivity index (χ1n) is 26.4. The molecule has 19 nitrogen and oxygen atoms in total. The van der Waals surface area contributed by atoms with Gasteiger partial charge < -0.3 is 44.7 Å². The standard InChI is InChI=1S/C52H85N3O16P2/c1-3-5-7-8-9-10-11-12-13-14-15-16-17-22-25-28-32-36-48(57)68-42(39-65-47(56)35-31-27-24-21-19-18-20-23-26-30-34-44-43(69-44)33-29-6-4-2)40-66-72(61,62)71-73(63,64)67-41-45-49(58)50(59)51(70-45)55-38-37-46(53)54-52(55)60/h9-10,12-13,18,20-21,24,26,30,37-38,42-45,49-51,58-59H,3-8,11,14-17,19,22-23,25,27-29,31-36,39-41H2,1-2H3,(H,61,62)(H,63,64)(H2,53,54,60)/b10-9-,13-12-,20-18-,24-21-,30-26-/t42-,43?,44?,45-,49-,50-,51-/m1/s1. The van der Waals surface area contributed by atoms with Crippen molar-refractivity contribution in [2.75, 3.05) is 25.6 Å². The smallest absolute Gasteiger partial charge is 0.462 e. The Hall–Kier alpha value is -3.58. The number of hydrogen-bond acceptors (Lipinski definition) is 16. The van der Waals surface area contributed by atoms with Gasteiger partial charge in [-0.05, 0) is 83.1 Å². The number of nitrogens with zero attached hydrogens (tertiary/aromatic N) is 2. The van der Waals surface area contributed by atoms with Gasteiger partial charge in [0.25, 0.3) is 0 Å². The molecule has 4 unspecified atom stereocenters. The van der Waals surface area contributed by atoms with Crippen LogP contribution in [0.3, 0.4) is 0 Å². The number of carbonyl (C=O) groups excluding carboxylic acids is 2. The summed E-state index contributed by atoms with van der Waals surface area (Å²) in [5.74, 6) is -1.38. The lowest BCUT2D eigenvalue weighted by atomic mass is 10.1. The second-order valence-electron chi connectivity index (χ2n) is 18.4. The highest BCUT2D eigenvalue weighted by Crippen LogP contribution is 2.60. The van der Waals surface area contributed by atoms with Crippen LogP contribution in [0, 0.1) is 0 Å². The van der Waals surface area contributed by atoms with Crippen LogP contribution in [-0.2, 0) is 51.0 Å². The van der Waals surface area contributed by atoms with Crippen LogP contribution in [0.25, 0.3) is 0 Å². The molecule has 1 aromatic rings. The Morgan fingerprint density at radius 2 is 1.25 bits per heavy atom. The summed E-state index contributed by atoms with van der Waals surface area (Å²) < 4.78 is 62.5. The van der Waals surface area contributed by atoms with Crippen LogP contribution in [0.4, 0.5) is 5.82 Å². The first-order chi connectivity index (χ1) is 35.1. The third-order valence-electron chi connectivity index (χ3n) is 12.0. The highest BCUT2D eigenvalue weighted by Gasteiger charge is 2.46. The van der Waals surface area contributed by atoms with Crippen LogP contribution in [0.15, 0.2) is 77.8 Å². The van der Waals surface area contributed by atoms with Gasteiger partial charge in [0.05, 0.1) is 25.4 Å². The van der Waals surface area contributed by atoms with Crippen molar-refractivity contribution in [1.29, 1.82) is 0 Å². The maximum absolute atomic E-state index is 12.9. The van der Waals surface area contributed by atoms with E-state index in [1.165, 1.54) is 44.6 Å². The van der Waals surface area contributed by atoms with Crippen molar-refractivity contribution in [2.24, 2.45) is 0 Å². The molecule has 0 aliphatic carbocycles. The number of aliphatic hydroxyl groups excluding tert-OH is 2. The van der Waals surface area contributed by atoms with Crippen LogP contribution in [-0.4, -0.2) is 97.9 Å². The van der Waals surface area contributed by atoms with E-state index in [0.717, 1.165) is 94.2 Å². The molecule has 0 amide bonds. The van der Waals surface area contributed by atoms with Crippen molar-refractivity contribution in [3.8, 4) is 0 Å².